The molecule has 3 aromatic rings. The highest BCUT2D eigenvalue weighted by Gasteiger charge is 2.19. The fourth-order valence-electron chi connectivity index (χ4n) is 2.91. The lowest BCUT2D eigenvalue weighted by Crippen LogP contribution is -2.27. The van der Waals surface area contributed by atoms with Crippen LogP contribution in [0.3, 0.4) is 0 Å². The van der Waals surface area contributed by atoms with Gasteiger partial charge in [-0.3, -0.25) is 0 Å². The molecule has 6 nitrogen and oxygen atoms in total. The van der Waals surface area contributed by atoms with Crippen molar-refractivity contribution in [3.63, 3.8) is 0 Å². The molecule has 2 aromatic carbocycles. The van der Waals surface area contributed by atoms with E-state index in [9.17, 15) is 10.4 Å². The standard InChI is InChI=1S/C20H21N5O/c1-15-8-9-19(16(2)12-15)25-22-18(13-21)20(23-25)24(10-11-26)14-17-6-4-3-5-7-17/h3-9,12,26H,10-11,14H2,1-2H3. The van der Waals surface area contributed by atoms with E-state index in [0.29, 0.717) is 18.9 Å². The minimum absolute atomic E-state index is 0.0336. The average molecular weight is 347 g/mol. The zero-order valence-electron chi connectivity index (χ0n) is 14.9. The molecule has 0 fully saturated rings. The lowest BCUT2D eigenvalue weighted by atomic mass is 10.1. The van der Waals surface area contributed by atoms with Gasteiger partial charge in [-0.15, -0.1) is 15.0 Å². The van der Waals surface area contributed by atoms with Gasteiger partial charge in [-0.25, -0.2) is 0 Å². The van der Waals surface area contributed by atoms with Gasteiger partial charge in [0.05, 0.1) is 12.3 Å². The van der Waals surface area contributed by atoms with Crippen LogP contribution in [0.15, 0.2) is 48.5 Å². The van der Waals surface area contributed by atoms with Crippen LogP contribution in [-0.2, 0) is 6.54 Å². The van der Waals surface area contributed by atoms with Gasteiger partial charge in [0.25, 0.3) is 0 Å². The molecule has 0 saturated heterocycles. The Hall–Kier alpha value is -3.17. The topological polar surface area (TPSA) is 78.0 Å². The molecule has 1 N–H and O–H groups in total. The number of rotatable bonds is 6. The molecular formula is C20H21N5O. The van der Waals surface area contributed by atoms with Gasteiger partial charge in [0.2, 0.25) is 5.69 Å². The normalized spacial score (nSPS) is 10.5. The summed E-state index contributed by atoms with van der Waals surface area (Å²) in [5, 5.41) is 27.9. The van der Waals surface area contributed by atoms with Gasteiger partial charge in [-0.1, -0.05) is 48.0 Å². The van der Waals surface area contributed by atoms with E-state index >= 15 is 0 Å². The molecule has 0 saturated carbocycles. The summed E-state index contributed by atoms with van der Waals surface area (Å²) in [5.74, 6) is 0.477. The predicted molar refractivity (Wildman–Crippen MR) is 100 cm³/mol. The smallest absolute Gasteiger partial charge is 0.207 e. The number of hydrogen-bond acceptors (Lipinski definition) is 5. The monoisotopic (exact) mass is 347 g/mol. The average Bonchev–Trinajstić information content (AvgIpc) is 3.06. The minimum Gasteiger partial charge on any atom is -0.395 e. The fraction of sp³-hybridized carbons (Fsp3) is 0.250. The number of hydrogen-bond donors (Lipinski definition) is 1. The lowest BCUT2D eigenvalue weighted by Gasteiger charge is -2.21. The van der Waals surface area contributed by atoms with Crippen molar-refractivity contribution in [3.8, 4) is 11.8 Å². The Kier molecular flexibility index (Phi) is 5.30. The Balaban J connectivity index is 1.99. The number of aryl methyl sites for hydroxylation is 2. The summed E-state index contributed by atoms with van der Waals surface area (Å²) in [6, 6.07) is 18.0. The Morgan fingerprint density at radius 1 is 1.12 bits per heavy atom. The Morgan fingerprint density at radius 2 is 1.88 bits per heavy atom. The first-order valence-electron chi connectivity index (χ1n) is 8.47. The zero-order valence-corrected chi connectivity index (χ0v) is 14.9. The first-order valence-corrected chi connectivity index (χ1v) is 8.47. The maximum atomic E-state index is 9.52. The van der Waals surface area contributed by atoms with E-state index in [1.54, 1.807) is 0 Å². The van der Waals surface area contributed by atoms with Crippen LogP contribution in [-0.4, -0.2) is 33.3 Å². The second-order valence-corrected chi connectivity index (χ2v) is 6.19. The van der Waals surface area contributed by atoms with Crippen molar-refractivity contribution in [3.05, 3.63) is 70.9 Å². The summed E-state index contributed by atoms with van der Waals surface area (Å²) >= 11 is 0. The van der Waals surface area contributed by atoms with Crippen molar-refractivity contribution >= 4 is 5.82 Å². The van der Waals surface area contributed by atoms with E-state index in [1.165, 1.54) is 4.80 Å². The Bertz CT molecular complexity index is 927. The third-order valence-corrected chi connectivity index (χ3v) is 4.16. The number of aliphatic hydroxyl groups is 1. The number of nitriles is 1. The molecule has 0 atom stereocenters. The summed E-state index contributed by atoms with van der Waals surface area (Å²) in [7, 11) is 0. The van der Waals surface area contributed by atoms with Gasteiger partial charge in [0.1, 0.15) is 6.07 Å². The molecule has 1 aromatic heterocycles. The van der Waals surface area contributed by atoms with E-state index < -0.39 is 0 Å². The third kappa shape index (κ3) is 3.73. The summed E-state index contributed by atoms with van der Waals surface area (Å²) < 4.78 is 0. The van der Waals surface area contributed by atoms with Crippen LogP contribution in [0.4, 0.5) is 5.82 Å². The molecule has 0 amide bonds. The molecule has 3 rings (SSSR count). The number of aliphatic hydroxyl groups excluding tert-OH is 1. The van der Waals surface area contributed by atoms with E-state index in [4.69, 9.17) is 0 Å². The third-order valence-electron chi connectivity index (χ3n) is 4.16. The van der Waals surface area contributed by atoms with Crippen LogP contribution in [0.2, 0.25) is 0 Å². The van der Waals surface area contributed by atoms with Gasteiger partial charge < -0.3 is 10.0 Å². The van der Waals surface area contributed by atoms with Gasteiger partial charge in [-0.2, -0.15) is 5.26 Å². The van der Waals surface area contributed by atoms with Gasteiger partial charge in [0.15, 0.2) is 5.82 Å². The van der Waals surface area contributed by atoms with Crippen LogP contribution < -0.4 is 4.90 Å². The van der Waals surface area contributed by atoms with Gasteiger partial charge in [0, 0.05) is 13.1 Å². The quantitative estimate of drug-likeness (QED) is 0.742. The zero-order chi connectivity index (χ0) is 18.5. The van der Waals surface area contributed by atoms with E-state index in [-0.39, 0.29) is 12.3 Å². The molecule has 26 heavy (non-hydrogen) atoms. The maximum Gasteiger partial charge on any atom is 0.207 e. The fourth-order valence-corrected chi connectivity index (χ4v) is 2.91. The van der Waals surface area contributed by atoms with Crippen LogP contribution in [0.25, 0.3) is 5.69 Å². The maximum absolute atomic E-state index is 9.52. The SMILES string of the molecule is Cc1ccc(-n2nc(C#N)c(N(CCO)Cc3ccccc3)n2)c(C)c1. The highest BCUT2D eigenvalue weighted by Crippen LogP contribution is 2.21. The molecule has 0 spiro atoms. The molecule has 1 heterocycles. The molecule has 0 aliphatic heterocycles. The van der Waals surface area contributed by atoms with Crippen molar-refractivity contribution in [1.29, 1.82) is 5.26 Å². The minimum atomic E-state index is -0.0336. The van der Waals surface area contributed by atoms with Crippen molar-refractivity contribution in [1.82, 2.24) is 15.0 Å². The van der Waals surface area contributed by atoms with Crippen molar-refractivity contribution < 1.29 is 5.11 Å². The Morgan fingerprint density at radius 3 is 2.54 bits per heavy atom. The molecular weight excluding hydrogens is 326 g/mol. The van der Waals surface area contributed by atoms with Crippen LogP contribution in [0, 0.1) is 25.2 Å². The van der Waals surface area contributed by atoms with Crippen LogP contribution in [0.1, 0.15) is 22.4 Å². The van der Waals surface area contributed by atoms with Crippen molar-refractivity contribution in [2.24, 2.45) is 0 Å². The molecule has 132 valence electrons. The number of nitrogens with zero attached hydrogens (tertiary/aromatic N) is 5. The molecule has 0 radical (unpaired) electrons. The first kappa shape index (κ1) is 17.6. The molecule has 6 heteroatoms. The van der Waals surface area contributed by atoms with E-state index in [2.05, 4.69) is 22.3 Å². The second-order valence-electron chi connectivity index (χ2n) is 6.19. The highest BCUT2D eigenvalue weighted by atomic mass is 16.3. The van der Waals surface area contributed by atoms with Gasteiger partial charge >= 0.3 is 0 Å². The molecule has 0 aliphatic rings. The summed E-state index contributed by atoms with van der Waals surface area (Å²) in [6.07, 6.45) is 0. The summed E-state index contributed by atoms with van der Waals surface area (Å²) in [6.45, 7) is 4.90. The predicted octanol–water partition coefficient (Wildman–Crippen LogP) is 2.75. The van der Waals surface area contributed by atoms with E-state index in [1.807, 2.05) is 61.2 Å². The summed E-state index contributed by atoms with van der Waals surface area (Å²) in [4.78, 5) is 3.37. The van der Waals surface area contributed by atoms with E-state index in [0.717, 1.165) is 22.4 Å². The number of anilines is 1. The number of benzene rings is 2. The largest absolute Gasteiger partial charge is 0.395 e. The molecule has 0 aliphatic carbocycles. The van der Waals surface area contributed by atoms with Crippen molar-refractivity contribution in [2.45, 2.75) is 20.4 Å². The Labute approximate surface area is 152 Å². The highest BCUT2D eigenvalue weighted by molar-refractivity contribution is 5.51. The first-order chi connectivity index (χ1) is 12.6. The second kappa shape index (κ2) is 7.81. The van der Waals surface area contributed by atoms with Crippen molar-refractivity contribution in [2.75, 3.05) is 18.1 Å². The van der Waals surface area contributed by atoms with Crippen LogP contribution in [0.5, 0.6) is 0 Å². The molecule has 0 bridgehead atoms. The van der Waals surface area contributed by atoms with Crippen LogP contribution >= 0.6 is 0 Å². The molecule has 0 unspecified atom stereocenters. The van der Waals surface area contributed by atoms with Gasteiger partial charge in [-0.05, 0) is 31.0 Å². The number of aromatic nitrogens is 3. The lowest BCUT2D eigenvalue weighted by molar-refractivity contribution is 0.301. The summed E-state index contributed by atoms with van der Waals surface area (Å²) in [5.41, 5.74) is 4.35.